The van der Waals surface area contributed by atoms with E-state index in [0.717, 1.165) is 31.5 Å². The zero-order chi connectivity index (χ0) is 15.6. The molecule has 1 fully saturated rings. The quantitative estimate of drug-likeness (QED) is 0.899. The van der Waals surface area contributed by atoms with Gasteiger partial charge >= 0.3 is 0 Å². The number of nitrogens with two attached hydrogens (primary N) is 1. The van der Waals surface area contributed by atoms with Crippen LogP contribution in [0.3, 0.4) is 0 Å². The van der Waals surface area contributed by atoms with Gasteiger partial charge in [-0.3, -0.25) is 4.79 Å². The maximum Gasteiger partial charge on any atom is 0.263 e. The standard InChI is InChI=1S/C14H20N2O4S/c1-10-5-6-12(13(9-10)21(15,18)19)20-11(2)14(17)16-7-3-4-8-16/h5-6,9,11H,3-4,7-8H2,1-2H3,(H2,15,18,19). The average molecular weight is 312 g/mol. The highest BCUT2D eigenvalue weighted by atomic mass is 32.2. The maximum atomic E-state index is 12.2. The molecule has 0 aliphatic carbocycles. The molecule has 1 aromatic carbocycles. The van der Waals surface area contributed by atoms with Gasteiger partial charge in [-0.1, -0.05) is 6.07 Å². The Balaban J connectivity index is 2.21. The molecule has 1 aliphatic rings. The first-order chi connectivity index (χ1) is 9.79. The van der Waals surface area contributed by atoms with Crippen LogP contribution >= 0.6 is 0 Å². The number of amides is 1. The van der Waals surface area contributed by atoms with Crippen LogP contribution in [0, 0.1) is 6.92 Å². The Labute approximate surface area is 124 Å². The van der Waals surface area contributed by atoms with Crippen molar-refractivity contribution in [3.05, 3.63) is 23.8 Å². The predicted octanol–water partition coefficient (Wildman–Crippen LogP) is 1.03. The number of hydrogen-bond donors (Lipinski definition) is 1. The molecule has 116 valence electrons. The number of likely N-dealkylation sites (tertiary alicyclic amines) is 1. The molecule has 7 heteroatoms. The first-order valence-electron chi connectivity index (χ1n) is 6.88. The minimum Gasteiger partial charge on any atom is -0.479 e. The Hall–Kier alpha value is -1.60. The topological polar surface area (TPSA) is 89.7 Å². The zero-order valence-electron chi connectivity index (χ0n) is 12.2. The molecule has 1 unspecified atom stereocenters. The van der Waals surface area contributed by atoms with Crippen LogP contribution in [-0.4, -0.2) is 38.4 Å². The van der Waals surface area contributed by atoms with E-state index in [2.05, 4.69) is 0 Å². The Kier molecular flexibility index (Phi) is 4.53. The van der Waals surface area contributed by atoms with E-state index in [-0.39, 0.29) is 16.6 Å². The van der Waals surface area contributed by atoms with Gasteiger partial charge in [-0.15, -0.1) is 0 Å². The van der Waals surface area contributed by atoms with Gasteiger partial charge in [0.2, 0.25) is 10.0 Å². The molecule has 6 nitrogen and oxygen atoms in total. The summed E-state index contributed by atoms with van der Waals surface area (Å²) in [6, 6.07) is 4.69. The Morgan fingerprint density at radius 3 is 2.52 bits per heavy atom. The molecule has 0 aromatic heterocycles. The van der Waals surface area contributed by atoms with E-state index in [9.17, 15) is 13.2 Å². The van der Waals surface area contributed by atoms with Crippen molar-refractivity contribution in [2.24, 2.45) is 5.14 Å². The Bertz CT molecular complexity index is 636. The van der Waals surface area contributed by atoms with E-state index in [4.69, 9.17) is 9.88 Å². The third-order valence-corrected chi connectivity index (χ3v) is 4.41. The second-order valence-corrected chi connectivity index (χ2v) is 6.82. The first kappa shape index (κ1) is 15.8. The molecule has 0 saturated carbocycles. The van der Waals surface area contributed by atoms with Crippen molar-refractivity contribution in [3.63, 3.8) is 0 Å². The normalized spacial score (nSPS) is 16.8. The number of aryl methyl sites for hydroxylation is 1. The summed E-state index contributed by atoms with van der Waals surface area (Å²) >= 11 is 0. The monoisotopic (exact) mass is 312 g/mol. The van der Waals surface area contributed by atoms with Crippen LogP contribution in [-0.2, 0) is 14.8 Å². The number of hydrogen-bond acceptors (Lipinski definition) is 4. The third kappa shape index (κ3) is 3.74. The molecule has 0 bridgehead atoms. The average Bonchev–Trinajstić information content (AvgIpc) is 2.92. The van der Waals surface area contributed by atoms with Crippen molar-refractivity contribution in [2.45, 2.75) is 37.7 Å². The number of carbonyl (C=O) groups is 1. The molecule has 1 aliphatic heterocycles. The minimum atomic E-state index is -3.90. The van der Waals surface area contributed by atoms with Crippen molar-refractivity contribution in [1.29, 1.82) is 0 Å². The Morgan fingerprint density at radius 2 is 1.95 bits per heavy atom. The summed E-state index contributed by atoms with van der Waals surface area (Å²) in [5.74, 6) is -0.0170. The number of rotatable bonds is 4. The lowest BCUT2D eigenvalue weighted by atomic mass is 10.2. The van der Waals surface area contributed by atoms with Crippen LogP contribution in [0.25, 0.3) is 0 Å². The first-order valence-corrected chi connectivity index (χ1v) is 8.42. The maximum absolute atomic E-state index is 12.2. The number of sulfonamides is 1. The highest BCUT2D eigenvalue weighted by molar-refractivity contribution is 7.89. The highest BCUT2D eigenvalue weighted by Gasteiger charge is 2.26. The molecule has 21 heavy (non-hydrogen) atoms. The summed E-state index contributed by atoms with van der Waals surface area (Å²) in [7, 11) is -3.90. The molecule has 1 saturated heterocycles. The second-order valence-electron chi connectivity index (χ2n) is 5.29. The van der Waals surface area contributed by atoms with E-state index >= 15 is 0 Å². The summed E-state index contributed by atoms with van der Waals surface area (Å²) in [6.45, 7) is 4.83. The van der Waals surface area contributed by atoms with Gasteiger partial charge in [-0.05, 0) is 44.4 Å². The van der Waals surface area contributed by atoms with Crippen molar-refractivity contribution in [1.82, 2.24) is 4.90 Å². The lowest BCUT2D eigenvalue weighted by molar-refractivity contribution is -0.136. The SMILES string of the molecule is Cc1ccc(OC(C)C(=O)N2CCCC2)c(S(N)(=O)=O)c1. The summed E-state index contributed by atoms with van der Waals surface area (Å²) in [4.78, 5) is 13.8. The molecule has 2 N–H and O–H groups in total. The summed E-state index contributed by atoms with van der Waals surface area (Å²) in [5, 5.41) is 5.20. The molecule has 0 spiro atoms. The van der Waals surface area contributed by atoms with Gasteiger partial charge in [-0.25, -0.2) is 13.6 Å². The van der Waals surface area contributed by atoms with Crippen molar-refractivity contribution >= 4 is 15.9 Å². The predicted molar refractivity (Wildman–Crippen MR) is 78.5 cm³/mol. The summed E-state index contributed by atoms with van der Waals surface area (Å²) in [6.07, 6.45) is 1.24. The van der Waals surface area contributed by atoms with Gasteiger partial charge in [0.05, 0.1) is 0 Å². The number of benzene rings is 1. The van der Waals surface area contributed by atoms with E-state index < -0.39 is 16.1 Å². The fourth-order valence-electron chi connectivity index (χ4n) is 2.37. The Morgan fingerprint density at radius 1 is 1.33 bits per heavy atom. The lowest BCUT2D eigenvalue weighted by Gasteiger charge is -2.22. The third-order valence-electron chi connectivity index (χ3n) is 3.47. The van der Waals surface area contributed by atoms with Gasteiger partial charge in [0, 0.05) is 13.1 Å². The molecule has 1 aromatic rings. The van der Waals surface area contributed by atoms with Crippen molar-refractivity contribution < 1.29 is 17.9 Å². The number of carbonyl (C=O) groups excluding carboxylic acids is 1. The highest BCUT2D eigenvalue weighted by Crippen LogP contribution is 2.25. The van der Waals surface area contributed by atoms with Gasteiger partial charge in [0.1, 0.15) is 10.6 Å². The van der Waals surface area contributed by atoms with Gasteiger partial charge in [0.15, 0.2) is 6.10 Å². The van der Waals surface area contributed by atoms with Crippen LogP contribution in [0.4, 0.5) is 0 Å². The lowest BCUT2D eigenvalue weighted by Crippen LogP contribution is -2.38. The van der Waals surface area contributed by atoms with Crippen LogP contribution in [0.2, 0.25) is 0 Å². The number of primary sulfonamides is 1. The molecular weight excluding hydrogens is 292 g/mol. The van der Waals surface area contributed by atoms with Gasteiger partial charge in [0.25, 0.3) is 5.91 Å². The molecule has 1 atom stereocenters. The largest absolute Gasteiger partial charge is 0.479 e. The van der Waals surface area contributed by atoms with Gasteiger partial charge < -0.3 is 9.64 Å². The van der Waals surface area contributed by atoms with E-state index in [1.165, 1.54) is 12.1 Å². The summed E-state index contributed by atoms with van der Waals surface area (Å²) < 4.78 is 28.8. The van der Waals surface area contributed by atoms with Crippen LogP contribution in [0.15, 0.2) is 23.1 Å². The van der Waals surface area contributed by atoms with E-state index in [1.807, 2.05) is 0 Å². The molecule has 1 heterocycles. The molecule has 1 amide bonds. The van der Waals surface area contributed by atoms with Crippen LogP contribution < -0.4 is 9.88 Å². The van der Waals surface area contributed by atoms with E-state index in [1.54, 1.807) is 24.8 Å². The smallest absolute Gasteiger partial charge is 0.263 e. The fraction of sp³-hybridized carbons (Fsp3) is 0.500. The summed E-state index contributed by atoms with van der Waals surface area (Å²) in [5.41, 5.74) is 0.755. The number of ether oxygens (including phenoxy) is 1. The second kappa shape index (κ2) is 6.03. The number of nitrogens with zero attached hydrogens (tertiary/aromatic N) is 1. The minimum absolute atomic E-state index is 0.0939. The van der Waals surface area contributed by atoms with Crippen LogP contribution in [0.1, 0.15) is 25.3 Å². The zero-order valence-corrected chi connectivity index (χ0v) is 13.0. The fourth-order valence-corrected chi connectivity index (χ4v) is 3.12. The van der Waals surface area contributed by atoms with Gasteiger partial charge in [-0.2, -0.15) is 0 Å². The van der Waals surface area contributed by atoms with Crippen molar-refractivity contribution in [3.8, 4) is 5.75 Å². The van der Waals surface area contributed by atoms with Crippen LogP contribution in [0.5, 0.6) is 5.75 Å². The molecule has 0 radical (unpaired) electrons. The molecular formula is C14H20N2O4S. The van der Waals surface area contributed by atoms with Crippen molar-refractivity contribution in [2.75, 3.05) is 13.1 Å². The molecule has 2 rings (SSSR count). The van der Waals surface area contributed by atoms with E-state index in [0.29, 0.717) is 0 Å².